The number of carbonyl (C=O) groups is 2. The van der Waals surface area contributed by atoms with Crippen molar-refractivity contribution >= 4 is 17.5 Å². The summed E-state index contributed by atoms with van der Waals surface area (Å²) in [5.41, 5.74) is 1.00. The van der Waals surface area contributed by atoms with Gasteiger partial charge in [-0.25, -0.2) is 9.97 Å². The first-order valence-corrected chi connectivity index (χ1v) is 7.71. The number of nitrogens with one attached hydrogen (secondary N) is 2. The standard InChI is InChI=1S/C16H19N5O2/c1-11(22)19-13-6-7-15(17-8-13)21-9-14(18-10-21)16(23)20-12-4-2-3-5-12/h6-10,12H,2-5H2,1H3,(H,19,22)(H,20,23). The molecule has 2 N–H and O–H groups in total. The number of carbonyl (C=O) groups excluding carboxylic acids is 2. The Morgan fingerprint density at radius 2 is 2.00 bits per heavy atom. The van der Waals surface area contributed by atoms with Gasteiger partial charge in [-0.3, -0.25) is 14.2 Å². The molecule has 1 aliphatic carbocycles. The minimum absolute atomic E-state index is 0.145. The largest absolute Gasteiger partial charge is 0.348 e. The number of rotatable bonds is 4. The van der Waals surface area contributed by atoms with Gasteiger partial charge in [-0.1, -0.05) is 12.8 Å². The van der Waals surface area contributed by atoms with E-state index in [-0.39, 0.29) is 17.9 Å². The van der Waals surface area contributed by atoms with Gasteiger partial charge in [-0.05, 0) is 25.0 Å². The van der Waals surface area contributed by atoms with Gasteiger partial charge in [0.2, 0.25) is 5.91 Å². The fourth-order valence-corrected chi connectivity index (χ4v) is 2.71. The van der Waals surface area contributed by atoms with E-state index in [0.29, 0.717) is 17.2 Å². The molecule has 3 rings (SSSR count). The molecule has 0 spiro atoms. The maximum atomic E-state index is 12.2. The van der Waals surface area contributed by atoms with E-state index < -0.39 is 0 Å². The average molecular weight is 313 g/mol. The van der Waals surface area contributed by atoms with Gasteiger partial charge in [0.25, 0.3) is 5.91 Å². The number of pyridine rings is 1. The lowest BCUT2D eigenvalue weighted by Gasteiger charge is -2.09. The molecule has 2 aromatic heterocycles. The second kappa shape index (κ2) is 6.60. The SMILES string of the molecule is CC(=O)Nc1ccc(-n2cnc(C(=O)NC3CCCC3)c2)nc1. The predicted molar refractivity (Wildman–Crippen MR) is 85.4 cm³/mol. The molecule has 1 fully saturated rings. The van der Waals surface area contributed by atoms with Crippen LogP contribution in [0.2, 0.25) is 0 Å². The van der Waals surface area contributed by atoms with E-state index in [1.807, 2.05) is 0 Å². The smallest absolute Gasteiger partial charge is 0.271 e. The highest BCUT2D eigenvalue weighted by Crippen LogP contribution is 2.18. The van der Waals surface area contributed by atoms with Crippen molar-refractivity contribution < 1.29 is 9.59 Å². The molecule has 0 saturated heterocycles. The number of imidazole rings is 1. The number of hydrogen-bond acceptors (Lipinski definition) is 4. The van der Waals surface area contributed by atoms with Crippen LogP contribution in [0.1, 0.15) is 43.1 Å². The topological polar surface area (TPSA) is 88.9 Å². The molecule has 1 saturated carbocycles. The van der Waals surface area contributed by atoms with Crippen LogP contribution in [0.5, 0.6) is 0 Å². The van der Waals surface area contributed by atoms with Crippen molar-refractivity contribution in [2.45, 2.75) is 38.6 Å². The van der Waals surface area contributed by atoms with Crippen molar-refractivity contribution in [1.82, 2.24) is 19.9 Å². The lowest BCUT2D eigenvalue weighted by molar-refractivity contribution is -0.114. The first-order chi connectivity index (χ1) is 11.1. The van der Waals surface area contributed by atoms with Crippen molar-refractivity contribution in [1.29, 1.82) is 0 Å². The zero-order chi connectivity index (χ0) is 16.2. The predicted octanol–water partition coefficient (Wildman–Crippen LogP) is 1.90. The highest BCUT2D eigenvalue weighted by atomic mass is 16.2. The molecule has 7 heteroatoms. The monoisotopic (exact) mass is 313 g/mol. The Kier molecular flexibility index (Phi) is 4.36. The Morgan fingerprint density at radius 1 is 1.22 bits per heavy atom. The Hall–Kier alpha value is -2.70. The van der Waals surface area contributed by atoms with Crippen LogP contribution in [0.4, 0.5) is 5.69 Å². The molecule has 2 aromatic rings. The van der Waals surface area contributed by atoms with Crippen LogP contribution < -0.4 is 10.6 Å². The number of hydrogen-bond donors (Lipinski definition) is 2. The fraction of sp³-hybridized carbons (Fsp3) is 0.375. The summed E-state index contributed by atoms with van der Waals surface area (Å²) in [7, 11) is 0. The van der Waals surface area contributed by atoms with Crippen molar-refractivity contribution in [2.24, 2.45) is 0 Å². The second-order valence-corrected chi connectivity index (χ2v) is 5.71. The van der Waals surface area contributed by atoms with Gasteiger partial charge in [0.1, 0.15) is 17.8 Å². The molecule has 2 amide bonds. The number of amides is 2. The Labute approximate surface area is 134 Å². The van der Waals surface area contributed by atoms with Crippen LogP contribution in [-0.2, 0) is 4.79 Å². The lowest BCUT2D eigenvalue weighted by Crippen LogP contribution is -2.32. The molecule has 120 valence electrons. The molecule has 0 aromatic carbocycles. The summed E-state index contributed by atoms with van der Waals surface area (Å²) < 4.78 is 1.68. The number of aromatic nitrogens is 3. The summed E-state index contributed by atoms with van der Waals surface area (Å²) >= 11 is 0. The van der Waals surface area contributed by atoms with E-state index in [1.165, 1.54) is 19.8 Å². The molecule has 0 bridgehead atoms. The van der Waals surface area contributed by atoms with Gasteiger partial charge in [0.15, 0.2) is 0 Å². The number of anilines is 1. The van der Waals surface area contributed by atoms with Gasteiger partial charge in [0, 0.05) is 19.2 Å². The highest BCUT2D eigenvalue weighted by molar-refractivity contribution is 5.92. The number of nitrogens with zero attached hydrogens (tertiary/aromatic N) is 3. The van der Waals surface area contributed by atoms with Crippen LogP contribution in [0.3, 0.4) is 0 Å². The van der Waals surface area contributed by atoms with Crippen molar-refractivity contribution in [3.63, 3.8) is 0 Å². The second-order valence-electron chi connectivity index (χ2n) is 5.71. The van der Waals surface area contributed by atoms with Gasteiger partial charge in [-0.15, -0.1) is 0 Å². The molecule has 7 nitrogen and oxygen atoms in total. The summed E-state index contributed by atoms with van der Waals surface area (Å²) in [5, 5.41) is 5.66. The molecule has 0 atom stereocenters. The molecule has 0 radical (unpaired) electrons. The van der Waals surface area contributed by atoms with Crippen LogP contribution in [0.15, 0.2) is 30.9 Å². The maximum Gasteiger partial charge on any atom is 0.271 e. The van der Waals surface area contributed by atoms with E-state index in [1.54, 1.807) is 35.4 Å². The molecule has 2 heterocycles. The van der Waals surface area contributed by atoms with Crippen molar-refractivity contribution in [2.75, 3.05) is 5.32 Å². The third-order valence-electron chi connectivity index (χ3n) is 3.84. The quantitative estimate of drug-likeness (QED) is 0.902. The lowest BCUT2D eigenvalue weighted by atomic mass is 10.2. The minimum Gasteiger partial charge on any atom is -0.348 e. The van der Waals surface area contributed by atoms with E-state index in [9.17, 15) is 9.59 Å². The summed E-state index contributed by atoms with van der Waals surface area (Å²) in [6.07, 6.45) is 9.20. The van der Waals surface area contributed by atoms with E-state index in [2.05, 4.69) is 20.6 Å². The van der Waals surface area contributed by atoms with E-state index in [0.717, 1.165) is 12.8 Å². The summed E-state index contributed by atoms with van der Waals surface area (Å²) in [4.78, 5) is 31.6. The van der Waals surface area contributed by atoms with Gasteiger partial charge < -0.3 is 10.6 Å². The first-order valence-electron chi connectivity index (χ1n) is 7.71. The van der Waals surface area contributed by atoms with Gasteiger partial charge >= 0.3 is 0 Å². The van der Waals surface area contributed by atoms with Crippen LogP contribution in [-0.4, -0.2) is 32.4 Å². The van der Waals surface area contributed by atoms with E-state index >= 15 is 0 Å². The zero-order valence-electron chi connectivity index (χ0n) is 13.0. The highest BCUT2D eigenvalue weighted by Gasteiger charge is 2.19. The molecule has 23 heavy (non-hydrogen) atoms. The summed E-state index contributed by atoms with van der Waals surface area (Å²) in [5.74, 6) is 0.338. The average Bonchev–Trinajstić information content (AvgIpc) is 3.18. The van der Waals surface area contributed by atoms with Gasteiger partial charge in [-0.2, -0.15) is 0 Å². The summed E-state index contributed by atoms with van der Waals surface area (Å²) in [6, 6.07) is 3.77. The normalized spacial score (nSPS) is 14.7. The van der Waals surface area contributed by atoms with Crippen LogP contribution in [0, 0.1) is 0 Å². The van der Waals surface area contributed by atoms with E-state index in [4.69, 9.17) is 0 Å². The van der Waals surface area contributed by atoms with Crippen LogP contribution >= 0.6 is 0 Å². The zero-order valence-corrected chi connectivity index (χ0v) is 13.0. The third-order valence-corrected chi connectivity index (χ3v) is 3.84. The molecule has 0 unspecified atom stereocenters. The molecular formula is C16H19N5O2. The molecular weight excluding hydrogens is 294 g/mol. The summed E-state index contributed by atoms with van der Waals surface area (Å²) in [6.45, 7) is 1.44. The third kappa shape index (κ3) is 3.74. The minimum atomic E-state index is -0.148. The van der Waals surface area contributed by atoms with Gasteiger partial charge in [0.05, 0.1) is 11.9 Å². The Morgan fingerprint density at radius 3 is 2.65 bits per heavy atom. The molecule has 0 aliphatic heterocycles. The maximum absolute atomic E-state index is 12.2. The fourth-order valence-electron chi connectivity index (χ4n) is 2.71. The van der Waals surface area contributed by atoms with Crippen molar-refractivity contribution in [3.8, 4) is 5.82 Å². The van der Waals surface area contributed by atoms with Crippen LogP contribution in [0.25, 0.3) is 5.82 Å². The Bertz CT molecular complexity index is 702. The Balaban J connectivity index is 1.68. The van der Waals surface area contributed by atoms with Crippen molar-refractivity contribution in [3.05, 3.63) is 36.5 Å². The molecule has 1 aliphatic rings. The first kappa shape index (κ1) is 15.2.